The summed E-state index contributed by atoms with van der Waals surface area (Å²) < 4.78 is 10.6. The first kappa shape index (κ1) is 18.5. The summed E-state index contributed by atoms with van der Waals surface area (Å²) in [5.41, 5.74) is 1.80. The molecule has 1 aliphatic carbocycles. The summed E-state index contributed by atoms with van der Waals surface area (Å²) in [6.07, 6.45) is 5.63. The number of carbonyl (C=O) groups excluding carboxylic acids is 2. The number of nitrogens with zero attached hydrogens (tertiary/aromatic N) is 1. The molecular weight excluding hydrogens is 332 g/mol. The van der Waals surface area contributed by atoms with Crippen molar-refractivity contribution in [1.29, 1.82) is 0 Å². The quantitative estimate of drug-likeness (QED) is 0.626. The summed E-state index contributed by atoms with van der Waals surface area (Å²) in [4.78, 5) is 26.4. The van der Waals surface area contributed by atoms with E-state index in [2.05, 4.69) is 16.3 Å². The number of allylic oxidation sites excluding steroid dienone is 2. The van der Waals surface area contributed by atoms with Crippen LogP contribution in [0.1, 0.15) is 26.2 Å². The molecule has 6 nitrogen and oxygen atoms in total. The van der Waals surface area contributed by atoms with Crippen molar-refractivity contribution >= 4 is 23.3 Å². The van der Waals surface area contributed by atoms with Crippen LogP contribution in [-0.2, 0) is 19.1 Å². The number of rotatable bonds is 6. The number of nitrogens with one attached hydrogen (secondary N) is 1. The van der Waals surface area contributed by atoms with Crippen LogP contribution < -0.4 is 10.2 Å². The van der Waals surface area contributed by atoms with Crippen LogP contribution in [-0.4, -0.2) is 44.3 Å². The highest BCUT2D eigenvalue weighted by atomic mass is 16.5. The van der Waals surface area contributed by atoms with Gasteiger partial charge in [0.05, 0.1) is 19.6 Å². The summed E-state index contributed by atoms with van der Waals surface area (Å²) in [5.74, 6) is -0.406. The molecule has 1 N–H and O–H groups in total. The second-order valence-corrected chi connectivity index (χ2v) is 6.74. The molecule has 1 aliphatic heterocycles. The van der Waals surface area contributed by atoms with E-state index < -0.39 is 6.10 Å². The topological polar surface area (TPSA) is 67.9 Å². The molecule has 0 spiro atoms. The Morgan fingerprint density at radius 2 is 2.00 bits per heavy atom. The third kappa shape index (κ3) is 5.08. The first-order chi connectivity index (χ1) is 12.6. The van der Waals surface area contributed by atoms with Crippen LogP contribution >= 0.6 is 0 Å². The van der Waals surface area contributed by atoms with E-state index >= 15 is 0 Å². The van der Waals surface area contributed by atoms with Crippen molar-refractivity contribution in [3.05, 3.63) is 36.4 Å². The number of benzene rings is 1. The van der Waals surface area contributed by atoms with E-state index in [0.717, 1.165) is 44.8 Å². The lowest BCUT2D eigenvalue weighted by Crippen LogP contribution is -2.36. The highest BCUT2D eigenvalue weighted by Gasteiger charge is 2.21. The van der Waals surface area contributed by atoms with Gasteiger partial charge in [0.1, 0.15) is 0 Å². The summed E-state index contributed by atoms with van der Waals surface area (Å²) in [6, 6.07) is 7.68. The number of hydrogen-bond donors (Lipinski definition) is 1. The van der Waals surface area contributed by atoms with Crippen molar-refractivity contribution in [2.75, 3.05) is 36.5 Å². The number of morpholine rings is 1. The van der Waals surface area contributed by atoms with Gasteiger partial charge in [0.2, 0.25) is 0 Å². The van der Waals surface area contributed by atoms with Crippen molar-refractivity contribution in [3.63, 3.8) is 0 Å². The van der Waals surface area contributed by atoms with Crippen LogP contribution in [0.3, 0.4) is 0 Å². The summed E-state index contributed by atoms with van der Waals surface area (Å²) >= 11 is 0. The van der Waals surface area contributed by atoms with Crippen LogP contribution in [0.4, 0.5) is 11.4 Å². The second-order valence-electron chi connectivity index (χ2n) is 6.74. The van der Waals surface area contributed by atoms with Gasteiger partial charge in [-0.3, -0.25) is 9.59 Å². The Morgan fingerprint density at radius 1 is 1.27 bits per heavy atom. The Hall–Kier alpha value is -2.34. The van der Waals surface area contributed by atoms with Crippen molar-refractivity contribution < 1.29 is 19.1 Å². The highest BCUT2D eigenvalue weighted by molar-refractivity contribution is 5.95. The molecule has 2 aliphatic rings. The highest BCUT2D eigenvalue weighted by Crippen LogP contribution is 2.21. The Balaban J connectivity index is 1.47. The summed E-state index contributed by atoms with van der Waals surface area (Å²) in [7, 11) is 0. The molecule has 26 heavy (non-hydrogen) atoms. The molecule has 0 radical (unpaired) electrons. The zero-order valence-corrected chi connectivity index (χ0v) is 15.1. The zero-order valence-electron chi connectivity index (χ0n) is 15.1. The fourth-order valence-corrected chi connectivity index (χ4v) is 3.20. The van der Waals surface area contributed by atoms with E-state index in [9.17, 15) is 9.59 Å². The smallest absolute Gasteiger partial charge is 0.307 e. The molecule has 6 heteroatoms. The molecule has 2 atom stereocenters. The van der Waals surface area contributed by atoms with Gasteiger partial charge in [-0.05, 0) is 49.9 Å². The van der Waals surface area contributed by atoms with Gasteiger partial charge in [-0.1, -0.05) is 12.2 Å². The van der Waals surface area contributed by atoms with E-state index in [1.165, 1.54) is 0 Å². The monoisotopic (exact) mass is 358 g/mol. The lowest BCUT2D eigenvalue weighted by molar-refractivity contribution is -0.153. The van der Waals surface area contributed by atoms with Gasteiger partial charge in [-0.15, -0.1) is 0 Å². The van der Waals surface area contributed by atoms with Gasteiger partial charge in [0.15, 0.2) is 6.10 Å². The maximum Gasteiger partial charge on any atom is 0.307 e. The molecule has 1 aromatic carbocycles. The number of ether oxygens (including phenoxy) is 2. The molecule has 1 saturated heterocycles. The third-order valence-electron chi connectivity index (χ3n) is 4.73. The summed E-state index contributed by atoms with van der Waals surface area (Å²) in [5, 5.41) is 2.80. The van der Waals surface area contributed by atoms with Gasteiger partial charge < -0.3 is 19.7 Å². The number of anilines is 2. The van der Waals surface area contributed by atoms with Crippen LogP contribution in [0.25, 0.3) is 0 Å². The normalized spacial score (nSPS) is 20.7. The molecule has 140 valence electrons. The largest absolute Gasteiger partial charge is 0.453 e. The van der Waals surface area contributed by atoms with Crippen LogP contribution in [0.2, 0.25) is 0 Å². The predicted octanol–water partition coefficient (Wildman–Crippen LogP) is 2.75. The lowest BCUT2D eigenvalue weighted by Gasteiger charge is -2.28. The van der Waals surface area contributed by atoms with Crippen LogP contribution in [0.15, 0.2) is 36.4 Å². The molecule has 3 rings (SSSR count). The number of esters is 1. The van der Waals surface area contributed by atoms with E-state index in [0.29, 0.717) is 12.1 Å². The number of carbonyl (C=O) groups is 2. The summed E-state index contributed by atoms with van der Waals surface area (Å²) in [6.45, 7) is 4.81. The molecule has 0 unspecified atom stereocenters. The third-order valence-corrected chi connectivity index (χ3v) is 4.73. The lowest BCUT2D eigenvalue weighted by atomic mass is 10.1. The van der Waals surface area contributed by atoms with E-state index in [4.69, 9.17) is 9.47 Å². The molecule has 1 heterocycles. The molecule has 0 bridgehead atoms. The van der Waals surface area contributed by atoms with E-state index in [-0.39, 0.29) is 17.8 Å². The van der Waals surface area contributed by atoms with Crippen LogP contribution in [0.5, 0.6) is 0 Å². The van der Waals surface area contributed by atoms with Gasteiger partial charge in [0.25, 0.3) is 5.91 Å². The Bertz CT molecular complexity index is 650. The van der Waals surface area contributed by atoms with Gasteiger partial charge >= 0.3 is 5.97 Å². The predicted molar refractivity (Wildman–Crippen MR) is 100 cm³/mol. The SMILES string of the molecule is C[C@@H](OC(=O)C[C@H]1C=CCC1)C(=O)Nc1ccc(N2CCOCC2)cc1. The first-order valence-corrected chi connectivity index (χ1v) is 9.21. The number of hydrogen-bond acceptors (Lipinski definition) is 5. The fraction of sp³-hybridized carbons (Fsp3) is 0.500. The van der Waals surface area contributed by atoms with E-state index in [1.807, 2.05) is 30.3 Å². The van der Waals surface area contributed by atoms with Crippen molar-refractivity contribution in [2.45, 2.75) is 32.3 Å². The minimum absolute atomic E-state index is 0.241. The first-order valence-electron chi connectivity index (χ1n) is 9.21. The minimum atomic E-state index is -0.813. The van der Waals surface area contributed by atoms with Crippen LogP contribution in [0, 0.1) is 5.92 Å². The second kappa shape index (κ2) is 8.85. The molecular formula is C20H26N2O4. The Morgan fingerprint density at radius 3 is 2.65 bits per heavy atom. The average Bonchev–Trinajstić information content (AvgIpc) is 3.16. The number of amides is 1. The maximum atomic E-state index is 12.2. The van der Waals surface area contributed by atoms with Crippen molar-refractivity contribution in [3.8, 4) is 0 Å². The molecule has 0 aromatic heterocycles. The van der Waals surface area contributed by atoms with Crippen molar-refractivity contribution in [2.24, 2.45) is 5.92 Å². The molecule has 1 amide bonds. The molecule has 1 fully saturated rings. The molecule has 1 aromatic rings. The maximum absolute atomic E-state index is 12.2. The standard InChI is InChI=1S/C20H26N2O4/c1-15(26-19(23)14-16-4-2-3-5-16)20(24)21-17-6-8-18(9-7-17)22-10-12-25-13-11-22/h2,4,6-9,15-16H,3,5,10-14H2,1H3,(H,21,24)/t15-,16+/m1/s1. The Kier molecular flexibility index (Phi) is 6.28. The van der Waals surface area contributed by atoms with Gasteiger partial charge in [-0.2, -0.15) is 0 Å². The van der Waals surface area contributed by atoms with Crippen molar-refractivity contribution in [1.82, 2.24) is 0 Å². The minimum Gasteiger partial charge on any atom is -0.453 e. The average molecular weight is 358 g/mol. The van der Waals surface area contributed by atoms with Gasteiger partial charge in [-0.25, -0.2) is 0 Å². The van der Waals surface area contributed by atoms with Gasteiger partial charge in [0, 0.05) is 24.5 Å². The zero-order chi connectivity index (χ0) is 18.4. The van der Waals surface area contributed by atoms with E-state index in [1.54, 1.807) is 6.92 Å². The molecule has 0 saturated carbocycles. The fourth-order valence-electron chi connectivity index (χ4n) is 3.20. The Labute approximate surface area is 154 Å².